The molecule has 0 saturated heterocycles. The highest BCUT2D eigenvalue weighted by molar-refractivity contribution is 6.30. The quantitative estimate of drug-likeness (QED) is 0.548. The number of amides is 1. The number of rotatable bonds is 6. The number of ether oxygens (including phenoxy) is 1. The topological polar surface area (TPSA) is 109 Å². The fourth-order valence-corrected chi connectivity index (χ4v) is 2.47. The van der Waals surface area contributed by atoms with Gasteiger partial charge in [-0.2, -0.15) is 0 Å². The average molecular weight is 388 g/mol. The Hall–Kier alpha value is -3.45. The molecule has 3 N–H and O–H groups in total. The SMILES string of the molecule is O=C(O)c1cc(O)ccc1NC(=O)c1ccoc1COc1ccc(Cl)cc1. The lowest BCUT2D eigenvalue weighted by Gasteiger charge is -2.10. The fraction of sp³-hybridized carbons (Fsp3) is 0.0526. The van der Waals surface area contributed by atoms with Gasteiger partial charge in [-0.15, -0.1) is 0 Å². The first-order valence-electron chi connectivity index (χ1n) is 7.76. The van der Waals surface area contributed by atoms with E-state index in [1.54, 1.807) is 24.3 Å². The molecule has 0 atom stereocenters. The molecule has 0 aliphatic heterocycles. The fourth-order valence-electron chi connectivity index (χ4n) is 2.34. The summed E-state index contributed by atoms with van der Waals surface area (Å²) >= 11 is 5.82. The van der Waals surface area contributed by atoms with Gasteiger partial charge in [-0.1, -0.05) is 11.6 Å². The predicted molar refractivity (Wildman–Crippen MR) is 97.5 cm³/mol. The Morgan fingerprint density at radius 1 is 1.07 bits per heavy atom. The van der Waals surface area contributed by atoms with Crippen molar-refractivity contribution < 1.29 is 29.0 Å². The maximum Gasteiger partial charge on any atom is 0.337 e. The number of phenolic OH excluding ortho intramolecular Hbond substituents is 1. The number of hydrogen-bond donors (Lipinski definition) is 3. The van der Waals surface area contributed by atoms with Crippen molar-refractivity contribution in [1.82, 2.24) is 0 Å². The van der Waals surface area contributed by atoms with Crippen LogP contribution in [0.5, 0.6) is 11.5 Å². The van der Waals surface area contributed by atoms with Crippen molar-refractivity contribution in [1.29, 1.82) is 0 Å². The summed E-state index contributed by atoms with van der Waals surface area (Å²) in [6.45, 7) is -0.00124. The third-order valence-corrected chi connectivity index (χ3v) is 3.91. The normalized spacial score (nSPS) is 10.4. The Labute approximate surface area is 158 Å². The second kappa shape index (κ2) is 7.84. The molecule has 0 aliphatic rings. The summed E-state index contributed by atoms with van der Waals surface area (Å²) in [7, 11) is 0. The number of aromatic hydroxyl groups is 1. The highest BCUT2D eigenvalue weighted by Crippen LogP contribution is 2.23. The van der Waals surface area contributed by atoms with Gasteiger partial charge in [0.2, 0.25) is 0 Å². The lowest BCUT2D eigenvalue weighted by atomic mass is 10.1. The molecule has 1 aromatic heterocycles. The molecule has 0 bridgehead atoms. The third kappa shape index (κ3) is 4.39. The van der Waals surface area contributed by atoms with Crippen molar-refractivity contribution in [2.24, 2.45) is 0 Å². The molecule has 138 valence electrons. The molecule has 0 spiro atoms. The van der Waals surface area contributed by atoms with E-state index in [4.69, 9.17) is 20.8 Å². The largest absolute Gasteiger partial charge is 0.508 e. The number of phenols is 1. The van der Waals surface area contributed by atoms with E-state index < -0.39 is 11.9 Å². The number of benzene rings is 2. The molecular formula is C19H14ClNO6. The molecule has 7 nitrogen and oxygen atoms in total. The van der Waals surface area contributed by atoms with Crippen LogP contribution in [-0.4, -0.2) is 22.1 Å². The number of carbonyl (C=O) groups is 2. The summed E-state index contributed by atoms with van der Waals surface area (Å²) in [5.74, 6) is -1.23. The minimum Gasteiger partial charge on any atom is -0.508 e. The van der Waals surface area contributed by atoms with Crippen LogP contribution in [0.2, 0.25) is 5.02 Å². The van der Waals surface area contributed by atoms with E-state index in [0.29, 0.717) is 10.8 Å². The molecule has 1 amide bonds. The van der Waals surface area contributed by atoms with Crippen LogP contribution in [0, 0.1) is 0 Å². The molecule has 8 heteroatoms. The number of carbonyl (C=O) groups excluding carboxylic acids is 1. The molecule has 0 radical (unpaired) electrons. The van der Waals surface area contributed by atoms with Crippen molar-refractivity contribution in [3.05, 3.63) is 76.7 Å². The molecular weight excluding hydrogens is 374 g/mol. The Kier molecular flexibility index (Phi) is 5.33. The average Bonchev–Trinajstić information content (AvgIpc) is 3.11. The van der Waals surface area contributed by atoms with Crippen molar-refractivity contribution in [3.63, 3.8) is 0 Å². The van der Waals surface area contributed by atoms with Crippen LogP contribution >= 0.6 is 11.6 Å². The van der Waals surface area contributed by atoms with Crippen LogP contribution in [0.25, 0.3) is 0 Å². The number of furan rings is 1. The molecule has 27 heavy (non-hydrogen) atoms. The number of anilines is 1. The Balaban J connectivity index is 1.74. The lowest BCUT2D eigenvalue weighted by Crippen LogP contribution is -2.16. The second-order valence-corrected chi connectivity index (χ2v) is 5.93. The van der Waals surface area contributed by atoms with Crippen LogP contribution < -0.4 is 10.1 Å². The van der Waals surface area contributed by atoms with E-state index in [1.165, 1.54) is 24.5 Å². The van der Waals surface area contributed by atoms with E-state index >= 15 is 0 Å². The van der Waals surface area contributed by atoms with E-state index in [2.05, 4.69) is 5.32 Å². The molecule has 1 heterocycles. The van der Waals surface area contributed by atoms with Gasteiger partial charge in [-0.05, 0) is 48.5 Å². The van der Waals surface area contributed by atoms with Crippen LogP contribution in [0.15, 0.2) is 59.2 Å². The maximum atomic E-state index is 12.5. The van der Waals surface area contributed by atoms with E-state index in [9.17, 15) is 19.8 Å². The summed E-state index contributed by atoms with van der Waals surface area (Å²) < 4.78 is 10.9. The van der Waals surface area contributed by atoms with Gasteiger partial charge in [0.05, 0.1) is 23.1 Å². The first kappa shape index (κ1) is 18.3. The highest BCUT2D eigenvalue weighted by atomic mass is 35.5. The third-order valence-electron chi connectivity index (χ3n) is 3.66. The van der Waals surface area contributed by atoms with Gasteiger partial charge in [-0.25, -0.2) is 4.79 Å². The number of hydrogen-bond acceptors (Lipinski definition) is 5. The molecule has 3 rings (SSSR count). The minimum absolute atomic E-state index is 0.00124. The second-order valence-electron chi connectivity index (χ2n) is 5.49. The lowest BCUT2D eigenvalue weighted by molar-refractivity contribution is 0.0697. The van der Waals surface area contributed by atoms with E-state index in [1.807, 2.05) is 0 Å². The van der Waals surface area contributed by atoms with Crippen molar-refractivity contribution in [2.75, 3.05) is 5.32 Å². The van der Waals surface area contributed by atoms with Gasteiger partial charge < -0.3 is 24.7 Å². The molecule has 0 unspecified atom stereocenters. The molecule has 0 saturated carbocycles. The molecule has 2 aromatic carbocycles. The van der Waals surface area contributed by atoms with Crippen molar-refractivity contribution in [3.8, 4) is 11.5 Å². The first-order chi connectivity index (χ1) is 12.9. The van der Waals surface area contributed by atoms with Gasteiger partial charge in [-0.3, -0.25) is 4.79 Å². The smallest absolute Gasteiger partial charge is 0.337 e. The van der Waals surface area contributed by atoms with Crippen LogP contribution in [0.1, 0.15) is 26.5 Å². The number of carboxylic acids is 1. The Bertz CT molecular complexity index is 980. The van der Waals surface area contributed by atoms with E-state index in [-0.39, 0.29) is 34.9 Å². The van der Waals surface area contributed by atoms with Gasteiger partial charge in [0.25, 0.3) is 5.91 Å². The monoisotopic (exact) mass is 387 g/mol. The summed E-state index contributed by atoms with van der Waals surface area (Å²) in [6, 6.07) is 11.8. The van der Waals surface area contributed by atoms with Gasteiger partial charge in [0, 0.05) is 5.02 Å². The van der Waals surface area contributed by atoms with Gasteiger partial charge >= 0.3 is 5.97 Å². The minimum atomic E-state index is -1.28. The predicted octanol–water partition coefficient (Wildman–Crippen LogP) is 4.17. The number of nitrogens with one attached hydrogen (secondary N) is 1. The van der Waals surface area contributed by atoms with Crippen LogP contribution in [0.4, 0.5) is 5.69 Å². The molecule has 0 aliphatic carbocycles. The van der Waals surface area contributed by atoms with Crippen LogP contribution in [-0.2, 0) is 6.61 Å². The van der Waals surface area contributed by atoms with Gasteiger partial charge in [0.15, 0.2) is 5.76 Å². The number of aromatic carboxylic acids is 1. The summed E-state index contributed by atoms with van der Waals surface area (Å²) in [5.41, 5.74) is 0.0234. The zero-order valence-electron chi connectivity index (χ0n) is 13.8. The van der Waals surface area contributed by atoms with Crippen LogP contribution in [0.3, 0.4) is 0 Å². The zero-order chi connectivity index (χ0) is 19.4. The van der Waals surface area contributed by atoms with Crippen molar-refractivity contribution >= 4 is 29.2 Å². The first-order valence-corrected chi connectivity index (χ1v) is 8.14. The van der Waals surface area contributed by atoms with Crippen molar-refractivity contribution in [2.45, 2.75) is 6.61 Å². The molecule has 3 aromatic rings. The standard InChI is InChI=1S/C19H14ClNO6/c20-11-1-4-13(5-2-11)27-10-17-14(7-8-26-17)18(23)21-16-6-3-12(22)9-15(16)19(24)25/h1-9,22H,10H2,(H,21,23)(H,24,25). The van der Waals surface area contributed by atoms with Gasteiger partial charge in [0.1, 0.15) is 18.1 Å². The highest BCUT2D eigenvalue weighted by Gasteiger charge is 2.19. The summed E-state index contributed by atoms with van der Waals surface area (Å²) in [5, 5.41) is 21.7. The maximum absolute atomic E-state index is 12.5. The Morgan fingerprint density at radius 3 is 2.52 bits per heavy atom. The Morgan fingerprint density at radius 2 is 1.81 bits per heavy atom. The zero-order valence-corrected chi connectivity index (χ0v) is 14.6. The molecule has 0 fully saturated rings. The summed E-state index contributed by atoms with van der Waals surface area (Å²) in [6.07, 6.45) is 1.34. The number of halogens is 1. The summed E-state index contributed by atoms with van der Waals surface area (Å²) in [4.78, 5) is 23.8. The van der Waals surface area contributed by atoms with E-state index in [0.717, 1.165) is 6.07 Å². The number of carboxylic acid groups (broad SMARTS) is 1.